The van der Waals surface area contributed by atoms with E-state index in [-0.39, 0.29) is 5.91 Å². The Hall–Kier alpha value is -2.24. The van der Waals surface area contributed by atoms with Crippen LogP contribution in [0, 0.1) is 0 Å². The fourth-order valence-corrected chi connectivity index (χ4v) is 2.68. The predicted molar refractivity (Wildman–Crippen MR) is 95.9 cm³/mol. The molecule has 0 unspecified atom stereocenters. The SMILES string of the molecule is NCCN1C(=O)/C(=C/c2ccc(Br)cc2)N=C1c1ccccc1. The highest BCUT2D eigenvalue weighted by Crippen LogP contribution is 2.22. The molecule has 0 bridgehead atoms. The van der Waals surface area contributed by atoms with Crippen molar-refractivity contribution in [3.8, 4) is 0 Å². The Kier molecular flexibility index (Phi) is 4.69. The lowest BCUT2D eigenvalue weighted by molar-refractivity contribution is -0.122. The minimum absolute atomic E-state index is 0.114. The van der Waals surface area contributed by atoms with Gasteiger partial charge in [-0.1, -0.05) is 58.4 Å². The molecule has 0 saturated carbocycles. The van der Waals surface area contributed by atoms with E-state index in [1.54, 1.807) is 11.0 Å². The number of carbonyl (C=O) groups is 1. The van der Waals surface area contributed by atoms with Crippen LogP contribution >= 0.6 is 15.9 Å². The molecule has 1 aliphatic heterocycles. The van der Waals surface area contributed by atoms with Crippen molar-refractivity contribution in [2.45, 2.75) is 0 Å². The molecule has 116 valence electrons. The zero-order valence-electron chi connectivity index (χ0n) is 12.4. The van der Waals surface area contributed by atoms with Gasteiger partial charge in [-0.2, -0.15) is 0 Å². The molecule has 0 aliphatic carbocycles. The number of halogens is 1. The van der Waals surface area contributed by atoms with E-state index in [0.717, 1.165) is 15.6 Å². The van der Waals surface area contributed by atoms with Gasteiger partial charge in [0.05, 0.1) is 0 Å². The minimum atomic E-state index is -0.114. The summed E-state index contributed by atoms with van der Waals surface area (Å²) in [5.74, 6) is 0.543. The van der Waals surface area contributed by atoms with Crippen LogP contribution in [0.5, 0.6) is 0 Å². The summed E-state index contributed by atoms with van der Waals surface area (Å²) < 4.78 is 0.996. The van der Waals surface area contributed by atoms with Gasteiger partial charge in [-0.25, -0.2) is 4.99 Å². The van der Waals surface area contributed by atoms with Gasteiger partial charge in [0, 0.05) is 23.1 Å². The highest BCUT2D eigenvalue weighted by Gasteiger charge is 2.30. The van der Waals surface area contributed by atoms with Crippen molar-refractivity contribution in [3.63, 3.8) is 0 Å². The molecular weight excluding hydrogens is 354 g/mol. The van der Waals surface area contributed by atoms with Gasteiger partial charge in [0.1, 0.15) is 11.5 Å². The lowest BCUT2D eigenvalue weighted by Crippen LogP contribution is -2.36. The maximum Gasteiger partial charge on any atom is 0.278 e. The number of carbonyl (C=O) groups excluding carboxylic acids is 1. The van der Waals surface area contributed by atoms with Crippen LogP contribution in [0.25, 0.3) is 6.08 Å². The highest BCUT2D eigenvalue weighted by molar-refractivity contribution is 9.10. The molecule has 1 heterocycles. The van der Waals surface area contributed by atoms with Crippen molar-refractivity contribution in [2.75, 3.05) is 13.1 Å². The largest absolute Gasteiger partial charge is 0.329 e. The molecule has 0 atom stereocenters. The van der Waals surface area contributed by atoms with Gasteiger partial charge in [0.15, 0.2) is 0 Å². The van der Waals surface area contributed by atoms with Gasteiger partial charge in [-0.3, -0.25) is 9.69 Å². The van der Waals surface area contributed by atoms with Crippen molar-refractivity contribution in [1.82, 2.24) is 4.90 Å². The summed E-state index contributed by atoms with van der Waals surface area (Å²) in [5, 5.41) is 0. The van der Waals surface area contributed by atoms with Crippen LogP contribution in [-0.2, 0) is 4.79 Å². The summed E-state index contributed by atoms with van der Waals surface area (Å²) in [4.78, 5) is 18.8. The second kappa shape index (κ2) is 6.89. The van der Waals surface area contributed by atoms with E-state index in [1.807, 2.05) is 54.6 Å². The Morgan fingerprint density at radius 1 is 1.09 bits per heavy atom. The third-order valence-electron chi connectivity index (χ3n) is 3.50. The summed E-state index contributed by atoms with van der Waals surface area (Å²) in [5.41, 5.74) is 7.93. The van der Waals surface area contributed by atoms with Crippen LogP contribution in [0.2, 0.25) is 0 Å². The molecule has 3 rings (SSSR count). The lowest BCUT2D eigenvalue weighted by atomic mass is 10.2. The normalized spacial score (nSPS) is 16.1. The minimum Gasteiger partial charge on any atom is -0.329 e. The van der Waals surface area contributed by atoms with Crippen molar-refractivity contribution < 1.29 is 4.79 Å². The number of nitrogens with zero attached hydrogens (tertiary/aromatic N) is 2. The Morgan fingerprint density at radius 2 is 1.78 bits per heavy atom. The van der Waals surface area contributed by atoms with Crippen LogP contribution in [0.4, 0.5) is 0 Å². The van der Waals surface area contributed by atoms with Gasteiger partial charge in [-0.05, 0) is 23.8 Å². The summed E-state index contributed by atoms with van der Waals surface area (Å²) >= 11 is 3.40. The van der Waals surface area contributed by atoms with Crippen LogP contribution in [0.15, 0.2) is 69.8 Å². The average molecular weight is 370 g/mol. The predicted octanol–water partition coefficient (Wildman–Crippen LogP) is 3.04. The zero-order valence-corrected chi connectivity index (χ0v) is 14.0. The number of amidine groups is 1. The first-order chi connectivity index (χ1) is 11.2. The molecule has 2 aromatic carbocycles. The maximum absolute atomic E-state index is 12.6. The Bertz CT molecular complexity index is 767. The van der Waals surface area contributed by atoms with Crippen molar-refractivity contribution in [3.05, 3.63) is 75.9 Å². The highest BCUT2D eigenvalue weighted by atomic mass is 79.9. The molecule has 4 nitrogen and oxygen atoms in total. The molecule has 2 aromatic rings. The van der Waals surface area contributed by atoms with Crippen LogP contribution in [-0.4, -0.2) is 29.7 Å². The first kappa shape index (κ1) is 15.6. The molecule has 2 N–H and O–H groups in total. The molecule has 0 saturated heterocycles. The van der Waals surface area contributed by atoms with E-state index in [2.05, 4.69) is 20.9 Å². The van der Waals surface area contributed by atoms with E-state index in [9.17, 15) is 4.79 Å². The van der Waals surface area contributed by atoms with Gasteiger partial charge >= 0.3 is 0 Å². The summed E-state index contributed by atoms with van der Waals surface area (Å²) in [6.07, 6.45) is 1.80. The lowest BCUT2D eigenvalue weighted by Gasteiger charge is -2.17. The summed E-state index contributed by atoms with van der Waals surface area (Å²) in [7, 11) is 0. The van der Waals surface area contributed by atoms with Crippen LogP contribution < -0.4 is 5.73 Å². The maximum atomic E-state index is 12.6. The quantitative estimate of drug-likeness (QED) is 0.842. The number of hydrogen-bond donors (Lipinski definition) is 1. The number of aliphatic imine (C=N–C) groups is 1. The molecule has 0 spiro atoms. The Balaban J connectivity index is 1.99. The first-order valence-electron chi connectivity index (χ1n) is 7.32. The molecule has 1 amide bonds. The van der Waals surface area contributed by atoms with Crippen molar-refractivity contribution >= 4 is 33.7 Å². The Labute approximate surface area is 143 Å². The number of rotatable bonds is 4. The van der Waals surface area contributed by atoms with E-state index < -0.39 is 0 Å². The van der Waals surface area contributed by atoms with Gasteiger partial charge in [0.2, 0.25) is 0 Å². The standard InChI is InChI=1S/C18H16BrN3O/c19-15-8-6-13(7-9-15)12-16-18(23)22(11-10-20)17(21-16)14-4-2-1-3-5-14/h1-9,12H,10-11,20H2/b16-12-. The zero-order chi connectivity index (χ0) is 16.2. The number of amides is 1. The first-order valence-corrected chi connectivity index (χ1v) is 8.11. The third kappa shape index (κ3) is 3.41. The molecule has 1 aliphatic rings. The fraction of sp³-hybridized carbons (Fsp3) is 0.111. The molecule has 23 heavy (non-hydrogen) atoms. The van der Waals surface area contributed by atoms with E-state index in [4.69, 9.17) is 5.73 Å². The second-order valence-corrected chi connectivity index (χ2v) is 6.04. The molecule has 5 heteroatoms. The Morgan fingerprint density at radius 3 is 2.43 bits per heavy atom. The topological polar surface area (TPSA) is 58.7 Å². The molecule has 0 radical (unpaired) electrons. The third-order valence-corrected chi connectivity index (χ3v) is 4.03. The van der Waals surface area contributed by atoms with E-state index in [1.165, 1.54) is 0 Å². The molecule has 0 aromatic heterocycles. The summed E-state index contributed by atoms with van der Waals surface area (Å²) in [6, 6.07) is 17.4. The van der Waals surface area contributed by atoms with Gasteiger partial charge < -0.3 is 5.73 Å². The van der Waals surface area contributed by atoms with Gasteiger partial charge in [-0.15, -0.1) is 0 Å². The second-order valence-electron chi connectivity index (χ2n) is 5.13. The number of hydrogen-bond acceptors (Lipinski definition) is 3. The number of benzene rings is 2. The van der Waals surface area contributed by atoms with E-state index >= 15 is 0 Å². The average Bonchev–Trinajstić information content (AvgIpc) is 2.88. The van der Waals surface area contributed by atoms with Crippen LogP contribution in [0.3, 0.4) is 0 Å². The van der Waals surface area contributed by atoms with Gasteiger partial charge in [0.25, 0.3) is 5.91 Å². The molecular formula is C18H16BrN3O. The van der Waals surface area contributed by atoms with Crippen molar-refractivity contribution in [1.29, 1.82) is 0 Å². The number of nitrogens with two attached hydrogens (primary N) is 1. The van der Waals surface area contributed by atoms with E-state index in [0.29, 0.717) is 24.6 Å². The smallest absolute Gasteiger partial charge is 0.278 e. The summed E-state index contributed by atoms with van der Waals surface area (Å²) in [6.45, 7) is 0.841. The fourth-order valence-electron chi connectivity index (χ4n) is 2.41. The van der Waals surface area contributed by atoms with Crippen molar-refractivity contribution in [2.24, 2.45) is 10.7 Å². The van der Waals surface area contributed by atoms with Crippen LogP contribution in [0.1, 0.15) is 11.1 Å². The molecule has 0 fully saturated rings. The monoisotopic (exact) mass is 369 g/mol.